The summed E-state index contributed by atoms with van der Waals surface area (Å²) in [5, 5.41) is 0.441. The summed E-state index contributed by atoms with van der Waals surface area (Å²) in [5.41, 5.74) is 0. The first-order chi connectivity index (χ1) is 4.29. The predicted molar refractivity (Wildman–Crippen MR) is 41.6 cm³/mol. The van der Waals surface area contributed by atoms with Gasteiger partial charge in [0.15, 0.2) is 0 Å². The van der Waals surface area contributed by atoms with Crippen LogP contribution in [0.5, 0.6) is 0 Å². The van der Waals surface area contributed by atoms with Crippen molar-refractivity contribution in [3.05, 3.63) is 6.92 Å². The highest BCUT2D eigenvalue weighted by Crippen LogP contribution is 2.25. The van der Waals surface area contributed by atoms with Crippen molar-refractivity contribution in [2.24, 2.45) is 5.92 Å². The Morgan fingerprint density at radius 1 is 1.11 bits per heavy atom. The van der Waals surface area contributed by atoms with E-state index in [-0.39, 0.29) is 0 Å². The third-order valence-corrected chi connectivity index (χ3v) is 2.45. The lowest BCUT2D eigenvalue weighted by Crippen LogP contribution is -1.94. The highest BCUT2D eigenvalue weighted by Gasteiger charge is 2.12. The zero-order chi connectivity index (χ0) is 6.69. The molecule has 1 aliphatic rings. The summed E-state index contributed by atoms with van der Waals surface area (Å²) < 4.78 is 0. The molecule has 0 aromatic heterocycles. The van der Waals surface area contributed by atoms with Crippen LogP contribution in [-0.2, 0) is 0 Å². The van der Waals surface area contributed by atoms with Crippen molar-refractivity contribution in [3.63, 3.8) is 0 Å². The summed E-state index contributed by atoms with van der Waals surface area (Å²) in [6, 6.07) is 0. The molecule has 53 valence electrons. The van der Waals surface area contributed by atoms with Gasteiger partial charge in [-0.15, -0.1) is 11.6 Å². The summed E-state index contributed by atoms with van der Waals surface area (Å²) >= 11 is 5.96. The Bertz CT molecular complexity index is 70.6. The quantitative estimate of drug-likeness (QED) is 0.363. The second kappa shape index (κ2) is 3.46. The molecule has 0 amide bonds. The van der Waals surface area contributed by atoms with Crippen molar-refractivity contribution >= 4 is 11.6 Å². The lowest BCUT2D eigenvalue weighted by molar-refractivity contribution is 0.556. The molecule has 2 atom stereocenters. The minimum Gasteiger partial charge on any atom is -0.123 e. The number of halogens is 1. The maximum atomic E-state index is 5.96. The van der Waals surface area contributed by atoms with Gasteiger partial charge in [0.05, 0.1) is 0 Å². The van der Waals surface area contributed by atoms with Gasteiger partial charge >= 0.3 is 0 Å². The third kappa shape index (κ3) is 2.57. The van der Waals surface area contributed by atoms with Crippen molar-refractivity contribution in [1.82, 2.24) is 0 Å². The fraction of sp³-hybridized carbons (Fsp3) is 0.875. The molecule has 0 heterocycles. The Kier molecular flexibility index (Phi) is 2.84. The zero-order valence-corrected chi connectivity index (χ0v) is 6.53. The molecular weight excluding hydrogens is 132 g/mol. The molecular formula is C8H14Cl. The highest BCUT2D eigenvalue weighted by molar-refractivity contribution is 6.20. The lowest BCUT2D eigenvalue weighted by Gasteiger charge is -2.03. The largest absolute Gasteiger partial charge is 0.123 e. The van der Waals surface area contributed by atoms with Crippen LogP contribution in [0.25, 0.3) is 0 Å². The number of alkyl halides is 1. The smallest absolute Gasteiger partial charge is 0.0336 e. The lowest BCUT2D eigenvalue weighted by atomic mass is 10.0. The standard InChI is InChI=1S/C8H14Cl/c1-7-3-2-4-8(9)6-5-7/h7-8H,1-6H2. The molecule has 1 rings (SSSR count). The minimum absolute atomic E-state index is 0.441. The molecule has 1 aliphatic carbocycles. The topological polar surface area (TPSA) is 0 Å². The Balaban J connectivity index is 2.25. The fourth-order valence-electron chi connectivity index (χ4n) is 1.33. The zero-order valence-electron chi connectivity index (χ0n) is 5.78. The summed E-state index contributed by atoms with van der Waals surface area (Å²) in [6.07, 6.45) is 6.17. The summed E-state index contributed by atoms with van der Waals surface area (Å²) in [6.45, 7) is 4.03. The van der Waals surface area contributed by atoms with E-state index < -0.39 is 0 Å². The van der Waals surface area contributed by atoms with E-state index in [0.29, 0.717) is 11.3 Å². The number of hydrogen-bond donors (Lipinski definition) is 0. The molecule has 0 aromatic carbocycles. The summed E-state index contributed by atoms with van der Waals surface area (Å²) in [4.78, 5) is 0. The molecule has 0 aliphatic heterocycles. The average Bonchev–Trinajstić information content (AvgIpc) is 1.97. The van der Waals surface area contributed by atoms with Crippen LogP contribution in [0.1, 0.15) is 32.1 Å². The molecule has 0 spiro atoms. The average molecular weight is 146 g/mol. The van der Waals surface area contributed by atoms with Crippen LogP contribution in [-0.4, -0.2) is 5.38 Å². The molecule has 0 aromatic rings. The van der Waals surface area contributed by atoms with Gasteiger partial charge in [0.25, 0.3) is 0 Å². The van der Waals surface area contributed by atoms with Gasteiger partial charge in [0.2, 0.25) is 0 Å². The predicted octanol–water partition coefficient (Wildman–Crippen LogP) is 3.01. The van der Waals surface area contributed by atoms with Gasteiger partial charge in [-0.05, 0) is 25.2 Å². The maximum absolute atomic E-state index is 5.96. The van der Waals surface area contributed by atoms with Gasteiger partial charge in [0.1, 0.15) is 0 Å². The van der Waals surface area contributed by atoms with Crippen molar-refractivity contribution in [3.8, 4) is 0 Å². The first-order valence-corrected chi connectivity index (χ1v) is 4.20. The Morgan fingerprint density at radius 2 is 1.89 bits per heavy atom. The van der Waals surface area contributed by atoms with Crippen LogP contribution in [0.4, 0.5) is 0 Å². The molecule has 1 fully saturated rings. The minimum atomic E-state index is 0.441. The van der Waals surface area contributed by atoms with Gasteiger partial charge in [-0.25, -0.2) is 0 Å². The van der Waals surface area contributed by atoms with Gasteiger partial charge < -0.3 is 0 Å². The van der Waals surface area contributed by atoms with Crippen LogP contribution in [0.2, 0.25) is 0 Å². The molecule has 0 bridgehead atoms. The van der Waals surface area contributed by atoms with Crippen molar-refractivity contribution < 1.29 is 0 Å². The van der Waals surface area contributed by atoms with Crippen molar-refractivity contribution in [2.45, 2.75) is 37.5 Å². The van der Waals surface area contributed by atoms with Gasteiger partial charge in [-0.3, -0.25) is 0 Å². The second-order valence-corrected chi connectivity index (χ2v) is 3.59. The van der Waals surface area contributed by atoms with Crippen LogP contribution >= 0.6 is 11.6 Å². The van der Waals surface area contributed by atoms with Crippen LogP contribution in [0.15, 0.2) is 0 Å². The molecule has 1 heteroatoms. The first-order valence-electron chi connectivity index (χ1n) is 3.76. The van der Waals surface area contributed by atoms with Crippen LogP contribution in [0, 0.1) is 12.8 Å². The Hall–Kier alpha value is 0.290. The normalized spacial score (nSPS) is 38.0. The van der Waals surface area contributed by atoms with E-state index in [2.05, 4.69) is 6.92 Å². The van der Waals surface area contributed by atoms with E-state index in [1.165, 1.54) is 32.1 Å². The van der Waals surface area contributed by atoms with E-state index in [9.17, 15) is 0 Å². The first kappa shape index (κ1) is 7.40. The van der Waals surface area contributed by atoms with Gasteiger partial charge in [-0.1, -0.05) is 19.8 Å². The molecule has 9 heavy (non-hydrogen) atoms. The van der Waals surface area contributed by atoms with E-state index in [1.807, 2.05) is 0 Å². The van der Waals surface area contributed by atoms with Gasteiger partial charge in [-0.2, -0.15) is 0 Å². The number of rotatable bonds is 0. The third-order valence-electron chi connectivity index (χ3n) is 2.02. The van der Waals surface area contributed by atoms with E-state index in [0.717, 1.165) is 0 Å². The maximum Gasteiger partial charge on any atom is 0.0336 e. The summed E-state index contributed by atoms with van der Waals surface area (Å²) in [7, 11) is 0. The molecule has 1 radical (unpaired) electrons. The molecule has 2 unspecified atom stereocenters. The van der Waals surface area contributed by atoms with Gasteiger partial charge in [0, 0.05) is 5.38 Å². The van der Waals surface area contributed by atoms with Crippen LogP contribution < -0.4 is 0 Å². The van der Waals surface area contributed by atoms with E-state index in [4.69, 9.17) is 11.6 Å². The van der Waals surface area contributed by atoms with Crippen molar-refractivity contribution in [2.75, 3.05) is 0 Å². The SMILES string of the molecule is [CH2]C1CCCC(Cl)CC1. The highest BCUT2D eigenvalue weighted by atomic mass is 35.5. The van der Waals surface area contributed by atoms with E-state index in [1.54, 1.807) is 0 Å². The fourth-order valence-corrected chi connectivity index (χ4v) is 1.61. The Labute approximate surface area is 62.6 Å². The summed E-state index contributed by atoms with van der Waals surface area (Å²) in [5.74, 6) is 0.675. The Morgan fingerprint density at radius 3 is 2.67 bits per heavy atom. The number of hydrogen-bond acceptors (Lipinski definition) is 0. The van der Waals surface area contributed by atoms with Crippen molar-refractivity contribution in [1.29, 1.82) is 0 Å². The molecule has 0 nitrogen and oxygen atoms in total. The van der Waals surface area contributed by atoms with Crippen LogP contribution in [0.3, 0.4) is 0 Å². The monoisotopic (exact) mass is 145 g/mol. The van der Waals surface area contributed by atoms with E-state index >= 15 is 0 Å². The molecule has 1 saturated carbocycles. The second-order valence-electron chi connectivity index (χ2n) is 2.97. The molecule has 0 saturated heterocycles. The molecule has 0 N–H and O–H groups in total.